The predicted octanol–water partition coefficient (Wildman–Crippen LogP) is 3.11. The molecule has 1 aliphatic carbocycles. The summed E-state index contributed by atoms with van der Waals surface area (Å²) in [4.78, 5) is 11.9. The molecule has 1 fully saturated rings. The van der Waals surface area contributed by atoms with Gasteiger partial charge in [0, 0.05) is 6.42 Å². The topological polar surface area (TPSA) is 67.8 Å². The van der Waals surface area contributed by atoms with Gasteiger partial charge >= 0.3 is 6.09 Å². The Hall–Kier alpha value is -1.75. The molecular formula is C16H23NO4. The van der Waals surface area contributed by atoms with E-state index >= 15 is 0 Å². The first-order valence-corrected chi connectivity index (χ1v) is 7.10. The fraction of sp³-hybridized carbons (Fsp3) is 0.562. The van der Waals surface area contributed by atoms with E-state index in [0.29, 0.717) is 17.9 Å². The average Bonchev–Trinajstić information content (AvgIpc) is 3.04. The average molecular weight is 293 g/mol. The lowest BCUT2D eigenvalue weighted by Gasteiger charge is -2.20. The van der Waals surface area contributed by atoms with Crippen LogP contribution < -0.4 is 10.1 Å². The lowest BCUT2D eigenvalue weighted by atomic mass is 10.1. The van der Waals surface area contributed by atoms with Crippen molar-refractivity contribution in [1.29, 1.82) is 0 Å². The highest BCUT2D eigenvalue weighted by Gasteiger charge is 2.40. The zero-order valence-corrected chi connectivity index (χ0v) is 13.0. The maximum atomic E-state index is 11.9. The summed E-state index contributed by atoms with van der Waals surface area (Å²) in [6.45, 7) is 5.43. The first-order valence-electron chi connectivity index (χ1n) is 7.10. The van der Waals surface area contributed by atoms with Gasteiger partial charge in [-0.25, -0.2) is 4.79 Å². The van der Waals surface area contributed by atoms with E-state index in [1.165, 1.54) is 0 Å². The molecule has 1 aromatic carbocycles. The van der Waals surface area contributed by atoms with Crippen molar-refractivity contribution in [2.75, 3.05) is 12.4 Å². The number of amides is 1. The van der Waals surface area contributed by atoms with Crippen molar-refractivity contribution >= 4 is 11.8 Å². The summed E-state index contributed by atoms with van der Waals surface area (Å²) in [7, 11) is 1.55. The van der Waals surface area contributed by atoms with Gasteiger partial charge in [0.15, 0.2) is 0 Å². The van der Waals surface area contributed by atoms with Gasteiger partial charge in [-0.15, -0.1) is 0 Å². The van der Waals surface area contributed by atoms with E-state index in [4.69, 9.17) is 9.47 Å². The summed E-state index contributed by atoms with van der Waals surface area (Å²) >= 11 is 0. The molecule has 0 aromatic heterocycles. The number of aliphatic hydroxyl groups is 1. The van der Waals surface area contributed by atoms with E-state index in [1.807, 2.05) is 32.9 Å². The molecule has 1 amide bonds. The van der Waals surface area contributed by atoms with Crippen LogP contribution in [0.2, 0.25) is 0 Å². The Kier molecular flexibility index (Phi) is 4.14. The van der Waals surface area contributed by atoms with Crippen LogP contribution in [-0.4, -0.2) is 29.5 Å². The highest BCUT2D eigenvalue weighted by atomic mass is 16.6. The number of anilines is 1. The molecule has 0 saturated heterocycles. The summed E-state index contributed by atoms with van der Waals surface area (Å²) in [5.41, 5.74) is 0.380. The van der Waals surface area contributed by atoms with Crippen LogP contribution in [0.5, 0.6) is 5.75 Å². The van der Waals surface area contributed by atoms with Crippen molar-refractivity contribution in [2.45, 2.75) is 51.2 Å². The molecule has 0 unspecified atom stereocenters. The summed E-state index contributed by atoms with van der Waals surface area (Å²) in [5, 5.41) is 12.7. The van der Waals surface area contributed by atoms with E-state index in [2.05, 4.69) is 5.32 Å². The van der Waals surface area contributed by atoms with Crippen LogP contribution in [0, 0.1) is 0 Å². The van der Waals surface area contributed by atoms with Gasteiger partial charge < -0.3 is 14.6 Å². The number of hydrogen-bond acceptors (Lipinski definition) is 4. The summed E-state index contributed by atoms with van der Waals surface area (Å²) in [6.07, 6.45) is 1.71. The zero-order valence-electron chi connectivity index (χ0n) is 13.0. The van der Waals surface area contributed by atoms with Gasteiger partial charge in [0.1, 0.15) is 11.4 Å². The number of benzene rings is 1. The quantitative estimate of drug-likeness (QED) is 0.895. The normalized spacial score (nSPS) is 16.2. The smallest absolute Gasteiger partial charge is 0.412 e. The third-order valence-corrected chi connectivity index (χ3v) is 3.26. The fourth-order valence-electron chi connectivity index (χ4n) is 2.08. The molecule has 5 heteroatoms. The molecule has 0 radical (unpaired) electrons. The minimum Gasteiger partial charge on any atom is -0.495 e. The Labute approximate surface area is 125 Å². The first-order chi connectivity index (χ1) is 9.71. The third kappa shape index (κ3) is 4.63. The number of rotatable bonds is 4. The van der Waals surface area contributed by atoms with Crippen molar-refractivity contribution < 1.29 is 19.4 Å². The van der Waals surface area contributed by atoms with Gasteiger partial charge in [-0.2, -0.15) is 0 Å². The van der Waals surface area contributed by atoms with Crippen LogP contribution in [0.15, 0.2) is 18.2 Å². The van der Waals surface area contributed by atoms with Gasteiger partial charge in [0.05, 0.1) is 18.4 Å². The molecule has 1 aliphatic rings. The molecule has 0 bridgehead atoms. The van der Waals surface area contributed by atoms with Gasteiger partial charge in [0.2, 0.25) is 0 Å². The van der Waals surface area contributed by atoms with Crippen molar-refractivity contribution in [3.05, 3.63) is 23.8 Å². The van der Waals surface area contributed by atoms with Gasteiger partial charge in [0.25, 0.3) is 0 Å². The van der Waals surface area contributed by atoms with Crippen LogP contribution in [0.3, 0.4) is 0 Å². The molecule has 0 heterocycles. The predicted molar refractivity (Wildman–Crippen MR) is 80.7 cm³/mol. The number of carbonyl (C=O) groups is 1. The Bertz CT molecular complexity index is 530. The Morgan fingerprint density at radius 1 is 1.38 bits per heavy atom. The van der Waals surface area contributed by atoms with Crippen LogP contribution in [0.1, 0.15) is 39.2 Å². The van der Waals surface area contributed by atoms with Crippen LogP contribution in [0.25, 0.3) is 0 Å². The summed E-state index contributed by atoms with van der Waals surface area (Å²) in [6, 6.07) is 5.50. The molecule has 2 rings (SSSR count). The SMILES string of the molecule is COc1ccc(CC2(O)CC2)cc1NC(=O)OC(C)(C)C. The summed E-state index contributed by atoms with van der Waals surface area (Å²) < 4.78 is 10.5. The van der Waals surface area contributed by atoms with E-state index in [9.17, 15) is 9.90 Å². The lowest BCUT2D eigenvalue weighted by molar-refractivity contribution is 0.0635. The van der Waals surface area contributed by atoms with Crippen LogP contribution in [0.4, 0.5) is 10.5 Å². The molecule has 2 N–H and O–H groups in total. The third-order valence-electron chi connectivity index (χ3n) is 3.26. The molecular weight excluding hydrogens is 270 g/mol. The molecule has 0 atom stereocenters. The van der Waals surface area contributed by atoms with Crippen molar-refractivity contribution in [2.24, 2.45) is 0 Å². The molecule has 0 aliphatic heterocycles. The fourth-order valence-corrected chi connectivity index (χ4v) is 2.08. The van der Waals surface area contributed by atoms with Crippen LogP contribution in [-0.2, 0) is 11.2 Å². The molecule has 1 saturated carbocycles. The lowest BCUT2D eigenvalue weighted by Crippen LogP contribution is -2.27. The standard InChI is InChI=1S/C16H23NO4/c1-15(2,3)21-14(18)17-12-9-11(5-6-13(12)20-4)10-16(19)7-8-16/h5-6,9,19H,7-8,10H2,1-4H3,(H,17,18). The number of ether oxygens (including phenoxy) is 2. The van der Waals surface area contributed by atoms with Crippen LogP contribution >= 0.6 is 0 Å². The molecule has 21 heavy (non-hydrogen) atoms. The number of carbonyl (C=O) groups excluding carboxylic acids is 1. The minimum absolute atomic E-state index is 0.525. The van der Waals surface area contributed by atoms with Gasteiger partial charge in [-0.3, -0.25) is 5.32 Å². The Balaban J connectivity index is 2.12. The Morgan fingerprint density at radius 2 is 2.05 bits per heavy atom. The van der Waals surface area contributed by atoms with Gasteiger partial charge in [-0.05, 0) is 51.3 Å². The Morgan fingerprint density at radius 3 is 2.57 bits per heavy atom. The van der Waals surface area contributed by atoms with E-state index in [1.54, 1.807) is 13.2 Å². The maximum absolute atomic E-state index is 11.9. The second-order valence-corrected chi connectivity index (χ2v) is 6.56. The molecule has 1 aromatic rings. The first kappa shape index (κ1) is 15.6. The van der Waals surface area contributed by atoms with Gasteiger partial charge in [-0.1, -0.05) is 6.07 Å². The number of methoxy groups -OCH3 is 1. The maximum Gasteiger partial charge on any atom is 0.412 e. The van der Waals surface area contributed by atoms with E-state index in [0.717, 1.165) is 18.4 Å². The summed E-state index contributed by atoms with van der Waals surface area (Å²) in [5.74, 6) is 0.562. The zero-order chi connectivity index (χ0) is 15.7. The van der Waals surface area contributed by atoms with Crippen molar-refractivity contribution in [1.82, 2.24) is 0 Å². The minimum atomic E-state index is -0.572. The second-order valence-electron chi connectivity index (χ2n) is 6.56. The number of hydrogen-bond donors (Lipinski definition) is 2. The molecule has 0 spiro atoms. The number of nitrogens with one attached hydrogen (secondary N) is 1. The highest BCUT2D eigenvalue weighted by Crippen LogP contribution is 2.39. The highest BCUT2D eigenvalue weighted by molar-refractivity contribution is 5.87. The largest absolute Gasteiger partial charge is 0.495 e. The van der Waals surface area contributed by atoms with Crippen molar-refractivity contribution in [3.8, 4) is 5.75 Å². The second kappa shape index (κ2) is 5.56. The molecule has 5 nitrogen and oxygen atoms in total. The van der Waals surface area contributed by atoms with E-state index < -0.39 is 17.3 Å². The van der Waals surface area contributed by atoms with E-state index in [-0.39, 0.29) is 0 Å². The van der Waals surface area contributed by atoms with Crippen molar-refractivity contribution in [3.63, 3.8) is 0 Å². The molecule has 116 valence electrons. The monoisotopic (exact) mass is 293 g/mol.